The first-order valence-corrected chi connectivity index (χ1v) is 7.99. The number of hydrogen-bond acceptors (Lipinski definition) is 2. The zero-order chi connectivity index (χ0) is 13.5. The molecule has 4 rings (SSSR count). The quantitative estimate of drug-likeness (QED) is 0.867. The van der Waals surface area contributed by atoms with Gasteiger partial charge < -0.3 is 10.6 Å². The summed E-state index contributed by atoms with van der Waals surface area (Å²) in [5, 5.41) is 6.76. The molecular weight excluding hydrogens is 248 g/mol. The molecule has 3 nitrogen and oxygen atoms in total. The van der Waals surface area contributed by atoms with Crippen LogP contribution in [0, 0.1) is 5.92 Å². The average Bonchev–Trinajstić information content (AvgIpc) is 3.10. The van der Waals surface area contributed by atoms with Gasteiger partial charge in [0.2, 0.25) is 5.91 Å². The van der Waals surface area contributed by atoms with Gasteiger partial charge in [0.1, 0.15) is 0 Å². The predicted octanol–water partition coefficient (Wildman–Crippen LogP) is 2.64. The van der Waals surface area contributed by atoms with Crippen molar-refractivity contribution in [2.75, 3.05) is 5.32 Å². The third-order valence-corrected chi connectivity index (χ3v) is 5.29. The maximum Gasteiger partial charge on any atom is 0.229 e. The lowest BCUT2D eigenvalue weighted by Gasteiger charge is -2.23. The molecule has 1 aromatic carbocycles. The Balaban J connectivity index is 1.53. The van der Waals surface area contributed by atoms with Crippen LogP contribution in [-0.4, -0.2) is 18.0 Å². The van der Waals surface area contributed by atoms with Crippen LogP contribution in [-0.2, 0) is 17.6 Å². The van der Waals surface area contributed by atoms with Crippen molar-refractivity contribution in [2.45, 2.75) is 57.0 Å². The molecular formula is C17H22N2O. The minimum Gasteiger partial charge on any atom is -0.326 e. The molecule has 2 aliphatic heterocycles. The fourth-order valence-electron chi connectivity index (χ4n) is 4.24. The first-order chi connectivity index (χ1) is 9.81. The number of anilines is 1. The number of amides is 1. The molecule has 1 aromatic rings. The lowest BCUT2D eigenvalue weighted by molar-refractivity contribution is -0.120. The lowest BCUT2D eigenvalue weighted by Crippen LogP contribution is -2.33. The summed E-state index contributed by atoms with van der Waals surface area (Å²) in [6.45, 7) is 0. The first kappa shape index (κ1) is 12.4. The highest BCUT2D eigenvalue weighted by molar-refractivity contribution is 5.94. The third-order valence-electron chi connectivity index (χ3n) is 5.29. The van der Waals surface area contributed by atoms with E-state index in [0.717, 1.165) is 31.4 Å². The van der Waals surface area contributed by atoms with Gasteiger partial charge in [0.05, 0.1) is 5.92 Å². The van der Waals surface area contributed by atoms with Gasteiger partial charge in [-0.25, -0.2) is 0 Å². The number of carbonyl (C=O) groups excluding carboxylic acids is 1. The van der Waals surface area contributed by atoms with Gasteiger partial charge in [-0.2, -0.15) is 0 Å². The van der Waals surface area contributed by atoms with Crippen molar-refractivity contribution < 1.29 is 4.79 Å². The lowest BCUT2D eigenvalue weighted by atomic mass is 9.87. The topological polar surface area (TPSA) is 41.1 Å². The molecule has 2 N–H and O–H groups in total. The van der Waals surface area contributed by atoms with Crippen molar-refractivity contribution in [3.8, 4) is 0 Å². The van der Waals surface area contributed by atoms with Gasteiger partial charge in [0.25, 0.3) is 0 Å². The second kappa shape index (κ2) is 4.88. The van der Waals surface area contributed by atoms with E-state index in [1.807, 2.05) is 0 Å². The maximum atomic E-state index is 12.5. The normalized spacial score (nSPS) is 31.1. The van der Waals surface area contributed by atoms with E-state index < -0.39 is 0 Å². The second-order valence-electron chi connectivity index (χ2n) is 6.53. The van der Waals surface area contributed by atoms with E-state index in [2.05, 4.69) is 28.8 Å². The average molecular weight is 270 g/mol. The molecule has 0 spiro atoms. The molecule has 20 heavy (non-hydrogen) atoms. The Hall–Kier alpha value is -1.35. The fourth-order valence-corrected chi connectivity index (χ4v) is 4.24. The Morgan fingerprint density at radius 3 is 2.90 bits per heavy atom. The fraction of sp³-hybridized carbons (Fsp3) is 0.588. The maximum absolute atomic E-state index is 12.5. The predicted molar refractivity (Wildman–Crippen MR) is 79.8 cm³/mol. The molecule has 106 valence electrons. The number of carbonyl (C=O) groups is 1. The zero-order valence-electron chi connectivity index (χ0n) is 11.8. The number of fused-ring (bicyclic) bond motifs is 3. The molecule has 1 amide bonds. The molecule has 3 unspecified atom stereocenters. The summed E-state index contributed by atoms with van der Waals surface area (Å²) in [4.78, 5) is 12.5. The van der Waals surface area contributed by atoms with Crippen LogP contribution in [0.1, 0.15) is 43.2 Å². The summed E-state index contributed by atoms with van der Waals surface area (Å²) >= 11 is 0. The van der Waals surface area contributed by atoms with E-state index in [0.29, 0.717) is 12.1 Å². The largest absolute Gasteiger partial charge is 0.326 e. The monoisotopic (exact) mass is 270 g/mol. The molecule has 2 saturated heterocycles. The summed E-state index contributed by atoms with van der Waals surface area (Å²) in [6, 6.07) is 7.37. The molecule has 3 heteroatoms. The smallest absolute Gasteiger partial charge is 0.229 e. The van der Waals surface area contributed by atoms with E-state index in [-0.39, 0.29) is 11.8 Å². The van der Waals surface area contributed by atoms with Crippen LogP contribution in [0.15, 0.2) is 18.2 Å². The molecule has 1 aliphatic carbocycles. The molecule has 2 fully saturated rings. The van der Waals surface area contributed by atoms with Crippen molar-refractivity contribution >= 4 is 11.6 Å². The highest BCUT2D eigenvalue weighted by Gasteiger charge is 2.42. The van der Waals surface area contributed by atoms with Crippen LogP contribution >= 0.6 is 0 Å². The van der Waals surface area contributed by atoms with E-state index in [1.54, 1.807) is 0 Å². The van der Waals surface area contributed by atoms with Gasteiger partial charge in [-0.3, -0.25) is 4.79 Å². The third kappa shape index (κ3) is 2.05. The van der Waals surface area contributed by atoms with E-state index in [9.17, 15) is 4.79 Å². The minimum absolute atomic E-state index is 0.174. The van der Waals surface area contributed by atoms with Crippen LogP contribution in [0.2, 0.25) is 0 Å². The molecule has 0 radical (unpaired) electrons. The number of rotatable bonds is 2. The molecule has 3 atom stereocenters. The van der Waals surface area contributed by atoms with Crippen LogP contribution in [0.25, 0.3) is 0 Å². The Kier molecular flexibility index (Phi) is 3.03. The van der Waals surface area contributed by atoms with Crippen molar-refractivity contribution in [3.05, 3.63) is 29.3 Å². The number of benzene rings is 1. The molecule has 2 heterocycles. The van der Waals surface area contributed by atoms with E-state index >= 15 is 0 Å². The van der Waals surface area contributed by atoms with Gasteiger partial charge in [-0.15, -0.1) is 0 Å². The van der Waals surface area contributed by atoms with Crippen molar-refractivity contribution in [3.63, 3.8) is 0 Å². The van der Waals surface area contributed by atoms with E-state index in [1.165, 1.54) is 30.4 Å². The molecule has 3 aliphatic rings. The van der Waals surface area contributed by atoms with Crippen molar-refractivity contribution in [1.82, 2.24) is 5.32 Å². The summed E-state index contributed by atoms with van der Waals surface area (Å²) in [5.74, 6) is 0.400. The van der Waals surface area contributed by atoms with Gasteiger partial charge >= 0.3 is 0 Å². The Morgan fingerprint density at radius 1 is 1.20 bits per heavy atom. The molecule has 2 bridgehead atoms. The van der Waals surface area contributed by atoms with Crippen LogP contribution < -0.4 is 10.6 Å². The second-order valence-corrected chi connectivity index (χ2v) is 6.53. The SMILES string of the molecule is O=C(Nc1cccc2c1CCCC2)C1CC2CCC1N2. The molecule has 0 saturated carbocycles. The highest BCUT2D eigenvalue weighted by atomic mass is 16.2. The first-order valence-electron chi connectivity index (χ1n) is 7.99. The minimum atomic E-state index is 0.174. The summed E-state index contributed by atoms with van der Waals surface area (Å²) in [6.07, 6.45) is 8.22. The van der Waals surface area contributed by atoms with Gasteiger partial charge in [0.15, 0.2) is 0 Å². The van der Waals surface area contributed by atoms with Gasteiger partial charge in [-0.1, -0.05) is 12.1 Å². The van der Waals surface area contributed by atoms with Crippen molar-refractivity contribution in [1.29, 1.82) is 0 Å². The number of nitrogens with one attached hydrogen (secondary N) is 2. The Morgan fingerprint density at radius 2 is 2.10 bits per heavy atom. The highest BCUT2D eigenvalue weighted by Crippen LogP contribution is 2.35. The van der Waals surface area contributed by atoms with Gasteiger partial charge in [0, 0.05) is 17.8 Å². The standard InChI is InChI=1S/C17H22N2O/c20-17(14-10-12-8-9-16(14)18-12)19-15-7-3-5-11-4-1-2-6-13(11)15/h3,5,7,12,14,16,18H,1-2,4,6,8-10H2,(H,19,20). The van der Waals surface area contributed by atoms with Crippen LogP contribution in [0.3, 0.4) is 0 Å². The van der Waals surface area contributed by atoms with Gasteiger partial charge in [-0.05, 0) is 62.1 Å². The van der Waals surface area contributed by atoms with Crippen LogP contribution in [0.4, 0.5) is 5.69 Å². The molecule has 0 aromatic heterocycles. The van der Waals surface area contributed by atoms with Crippen molar-refractivity contribution in [2.24, 2.45) is 5.92 Å². The Labute approximate surface area is 120 Å². The number of aryl methyl sites for hydroxylation is 1. The van der Waals surface area contributed by atoms with E-state index in [4.69, 9.17) is 0 Å². The summed E-state index contributed by atoms with van der Waals surface area (Å²) in [5.41, 5.74) is 3.87. The Bertz CT molecular complexity index is 540. The van der Waals surface area contributed by atoms with Crippen LogP contribution in [0.5, 0.6) is 0 Å². The summed E-state index contributed by atoms with van der Waals surface area (Å²) in [7, 11) is 0. The number of hydrogen-bond donors (Lipinski definition) is 2. The zero-order valence-corrected chi connectivity index (χ0v) is 11.8. The summed E-state index contributed by atoms with van der Waals surface area (Å²) < 4.78 is 0.